The second-order valence-corrected chi connectivity index (χ2v) is 6.45. The summed E-state index contributed by atoms with van der Waals surface area (Å²) in [5.74, 6) is 0.498. The van der Waals surface area contributed by atoms with Crippen LogP contribution in [0, 0.1) is 0 Å². The van der Waals surface area contributed by atoms with E-state index >= 15 is 0 Å². The SMILES string of the molecule is O=C(Nc1ccc(Br)cc1OC[C@@H]1O[C@@H]1CO)OCc1ccccc1. The zero-order valence-electron chi connectivity index (χ0n) is 13.4. The highest BCUT2D eigenvalue weighted by atomic mass is 79.9. The number of nitrogens with one attached hydrogen (secondary N) is 1. The number of carbonyl (C=O) groups is 1. The van der Waals surface area contributed by atoms with Crippen LogP contribution in [0.5, 0.6) is 5.75 Å². The predicted molar refractivity (Wildman–Crippen MR) is 95.6 cm³/mol. The van der Waals surface area contributed by atoms with Crippen molar-refractivity contribution in [3.8, 4) is 5.75 Å². The molecule has 2 aromatic rings. The first kappa shape index (κ1) is 17.7. The summed E-state index contributed by atoms with van der Waals surface area (Å²) in [7, 11) is 0. The van der Waals surface area contributed by atoms with Crippen LogP contribution in [-0.2, 0) is 16.1 Å². The van der Waals surface area contributed by atoms with Gasteiger partial charge in [0.1, 0.15) is 31.2 Å². The Morgan fingerprint density at radius 1 is 1.20 bits per heavy atom. The first-order chi connectivity index (χ1) is 12.2. The molecule has 7 heteroatoms. The van der Waals surface area contributed by atoms with Gasteiger partial charge in [-0.15, -0.1) is 0 Å². The maximum Gasteiger partial charge on any atom is 0.412 e. The summed E-state index contributed by atoms with van der Waals surface area (Å²) in [5.41, 5.74) is 1.41. The molecule has 0 radical (unpaired) electrons. The summed E-state index contributed by atoms with van der Waals surface area (Å²) >= 11 is 3.38. The number of aliphatic hydroxyl groups is 1. The van der Waals surface area contributed by atoms with Gasteiger partial charge in [0.05, 0.1) is 12.3 Å². The quantitative estimate of drug-likeness (QED) is 0.687. The van der Waals surface area contributed by atoms with Crippen LogP contribution < -0.4 is 10.1 Å². The first-order valence-electron chi connectivity index (χ1n) is 7.82. The highest BCUT2D eigenvalue weighted by molar-refractivity contribution is 9.10. The van der Waals surface area contributed by atoms with Crippen molar-refractivity contribution in [1.29, 1.82) is 0 Å². The van der Waals surface area contributed by atoms with Crippen molar-refractivity contribution in [2.24, 2.45) is 0 Å². The average molecular weight is 408 g/mol. The Labute approximate surface area is 153 Å². The first-order valence-corrected chi connectivity index (χ1v) is 8.61. The smallest absolute Gasteiger partial charge is 0.412 e. The van der Waals surface area contributed by atoms with Gasteiger partial charge >= 0.3 is 6.09 Å². The van der Waals surface area contributed by atoms with Crippen LogP contribution in [0.4, 0.5) is 10.5 Å². The minimum atomic E-state index is -0.563. The van der Waals surface area contributed by atoms with E-state index in [0.29, 0.717) is 18.0 Å². The van der Waals surface area contributed by atoms with Crippen LogP contribution in [-0.4, -0.2) is 36.6 Å². The summed E-state index contributed by atoms with van der Waals surface area (Å²) in [6.45, 7) is 0.465. The summed E-state index contributed by atoms with van der Waals surface area (Å²) in [6.07, 6.45) is -0.854. The molecule has 25 heavy (non-hydrogen) atoms. The van der Waals surface area contributed by atoms with Gasteiger partial charge in [-0.2, -0.15) is 0 Å². The van der Waals surface area contributed by atoms with E-state index in [9.17, 15) is 4.79 Å². The number of epoxide rings is 1. The monoisotopic (exact) mass is 407 g/mol. The van der Waals surface area contributed by atoms with Gasteiger partial charge in [-0.3, -0.25) is 5.32 Å². The molecule has 6 nitrogen and oxygen atoms in total. The van der Waals surface area contributed by atoms with E-state index in [1.54, 1.807) is 18.2 Å². The van der Waals surface area contributed by atoms with E-state index in [1.807, 2.05) is 30.3 Å². The third-order valence-corrected chi connectivity index (χ3v) is 4.16. The van der Waals surface area contributed by atoms with Crippen LogP contribution in [0.1, 0.15) is 5.56 Å². The summed E-state index contributed by atoms with van der Waals surface area (Å²) in [6, 6.07) is 14.7. The fourth-order valence-corrected chi connectivity index (χ4v) is 2.59. The molecule has 0 aliphatic carbocycles. The Hall–Kier alpha value is -2.09. The van der Waals surface area contributed by atoms with Crippen LogP contribution in [0.15, 0.2) is 53.0 Å². The molecule has 2 N–H and O–H groups in total. The Morgan fingerprint density at radius 3 is 2.72 bits per heavy atom. The maximum absolute atomic E-state index is 12.0. The highest BCUT2D eigenvalue weighted by Crippen LogP contribution is 2.30. The van der Waals surface area contributed by atoms with Crippen LogP contribution in [0.2, 0.25) is 0 Å². The van der Waals surface area contributed by atoms with Crippen molar-refractivity contribution in [3.63, 3.8) is 0 Å². The molecule has 1 saturated heterocycles. The molecule has 0 spiro atoms. The number of amides is 1. The third-order valence-electron chi connectivity index (χ3n) is 3.66. The van der Waals surface area contributed by atoms with Crippen LogP contribution in [0.25, 0.3) is 0 Å². The van der Waals surface area contributed by atoms with Gasteiger partial charge in [0.2, 0.25) is 0 Å². The van der Waals surface area contributed by atoms with E-state index in [2.05, 4.69) is 21.2 Å². The van der Waals surface area contributed by atoms with Crippen LogP contribution in [0.3, 0.4) is 0 Å². The van der Waals surface area contributed by atoms with E-state index in [-0.39, 0.29) is 25.4 Å². The molecule has 1 heterocycles. The van der Waals surface area contributed by atoms with E-state index in [4.69, 9.17) is 19.3 Å². The molecular formula is C18H18BrNO5. The number of anilines is 1. The van der Waals surface area contributed by atoms with Crippen molar-refractivity contribution in [1.82, 2.24) is 0 Å². The molecule has 2 aromatic carbocycles. The van der Waals surface area contributed by atoms with Crippen molar-refractivity contribution in [2.75, 3.05) is 18.5 Å². The number of carbonyl (C=O) groups excluding carboxylic acids is 1. The largest absolute Gasteiger partial charge is 0.489 e. The molecule has 3 rings (SSSR count). The number of benzene rings is 2. The lowest BCUT2D eigenvalue weighted by atomic mass is 10.2. The van der Waals surface area contributed by atoms with Gasteiger partial charge in [-0.1, -0.05) is 46.3 Å². The molecule has 0 bridgehead atoms. The minimum Gasteiger partial charge on any atom is -0.489 e. The lowest BCUT2D eigenvalue weighted by molar-refractivity contribution is 0.155. The minimum absolute atomic E-state index is 0.0244. The molecule has 1 aliphatic heterocycles. The van der Waals surface area contributed by atoms with Gasteiger partial charge in [0.25, 0.3) is 0 Å². The predicted octanol–water partition coefficient (Wildman–Crippen LogP) is 3.34. The van der Waals surface area contributed by atoms with E-state index in [1.165, 1.54) is 0 Å². The molecule has 1 aliphatic rings. The van der Waals surface area contributed by atoms with Gasteiger partial charge in [-0.25, -0.2) is 4.79 Å². The van der Waals surface area contributed by atoms with Crippen LogP contribution >= 0.6 is 15.9 Å². The fourth-order valence-electron chi connectivity index (χ4n) is 2.25. The molecule has 0 aromatic heterocycles. The van der Waals surface area contributed by atoms with Gasteiger partial charge in [0, 0.05) is 4.47 Å². The zero-order chi connectivity index (χ0) is 17.6. The second kappa shape index (κ2) is 8.33. The lowest BCUT2D eigenvalue weighted by Gasteiger charge is -2.13. The van der Waals surface area contributed by atoms with Gasteiger partial charge in [-0.05, 0) is 23.8 Å². The van der Waals surface area contributed by atoms with Crippen molar-refractivity contribution in [3.05, 3.63) is 58.6 Å². The topological polar surface area (TPSA) is 80.3 Å². The van der Waals surface area contributed by atoms with Crippen molar-refractivity contribution in [2.45, 2.75) is 18.8 Å². The molecule has 132 valence electrons. The number of rotatable bonds is 7. The summed E-state index contributed by atoms with van der Waals surface area (Å²) in [4.78, 5) is 12.0. The number of hydrogen-bond acceptors (Lipinski definition) is 5. The number of aliphatic hydroxyl groups excluding tert-OH is 1. The Kier molecular flexibility index (Phi) is 5.91. The Morgan fingerprint density at radius 2 is 2.00 bits per heavy atom. The maximum atomic E-state index is 12.0. The number of ether oxygens (including phenoxy) is 3. The molecule has 0 unspecified atom stereocenters. The lowest BCUT2D eigenvalue weighted by Crippen LogP contribution is -2.15. The highest BCUT2D eigenvalue weighted by Gasteiger charge is 2.38. The van der Waals surface area contributed by atoms with Crippen molar-refractivity contribution >= 4 is 27.7 Å². The van der Waals surface area contributed by atoms with Crippen molar-refractivity contribution < 1.29 is 24.1 Å². The summed E-state index contributed by atoms with van der Waals surface area (Å²) < 4.78 is 17.0. The molecule has 0 saturated carbocycles. The van der Waals surface area contributed by atoms with Gasteiger partial charge in [0.15, 0.2) is 0 Å². The normalized spacial score (nSPS) is 18.5. The Bertz CT molecular complexity index is 725. The van der Waals surface area contributed by atoms with E-state index in [0.717, 1.165) is 10.0 Å². The summed E-state index contributed by atoms with van der Waals surface area (Å²) in [5, 5.41) is 11.7. The fraction of sp³-hybridized carbons (Fsp3) is 0.278. The van der Waals surface area contributed by atoms with E-state index < -0.39 is 6.09 Å². The Balaban J connectivity index is 1.56. The second-order valence-electron chi connectivity index (χ2n) is 5.53. The number of halogens is 1. The molecule has 2 atom stereocenters. The average Bonchev–Trinajstić information content (AvgIpc) is 3.40. The zero-order valence-corrected chi connectivity index (χ0v) is 14.9. The molecular weight excluding hydrogens is 390 g/mol. The molecule has 1 amide bonds. The standard InChI is InChI=1S/C18H18BrNO5/c19-13-6-7-14(15(8-13)23-11-17-16(9-21)25-17)20-18(22)24-10-12-4-2-1-3-5-12/h1-8,16-17,21H,9-11H2,(H,20,22)/t16-,17+/m1/s1. The molecule has 1 fully saturated rings. The van der Waals surface area contributed by atoms with Gasteiger partial charge < -0.3 is 19.3 Å². The number of hydrogen-bond donors (Lipinski definition) is 2. The third kappa shape index (κ3) is 5.19.